The van der Waals surface area contributed by atoms with Gasteiger partial charge >= 0.3 is 0 Å². The number of pyridine rings is 1. The summed E-state index contributed by atoms with van der Waals surface area (Å²) < 4.78 is 0. The second-order valence-corrected chi connectivity index (χ2v) is 5.56. The third kappa shape index (κ3) is 2.88. The lowest BCUT2D eigenvalue weighted by atomic mass is 10.0. The summed E-state index contributed by atoms with van der Waals surface area (Å²) in [4.78, 5) is 18.3. The van der Waals surface area contributed by atoms with Gasteiger partial charge in [-0.25, -0.2) is 0 Å². The van der Waals surface area contributed by atoms with E-state index in [1.807, 2.05) is 18.7 Å². The number of anilines is 1. The maximum Gasteiger partial charge on any atom is 0.223 e. The Hall–Kier alpha value is -1.58. The number of amides is 1. The van der Waals surface area contributed by atoms with Crippen molar-refractivity contribution in [2.45, 2.75) is 46.6 Å². The summed E-state index contributed by atoms with van der Waals surface area (Å²) in [7, 11) is 0. The Morgan fingerprint density at radius 1 is 1.47 bits per heavy atom. The number of hydrogen-bond acceptors (Lipinski definition) is 3. The molecule has 1 aromatic rings. The highest BCUT2D eigenvalue weighted by Gasteiger charge is 2.29. The summed E-state index contributed by atoms with van der Waals surface area (Å²) in [6, 6.07) is 0. The van der Waals surface area contributed by atoms with Gasteiger partial charge in [-0.2, -0.15) is 0 Å². The zero-order valence-corrected chi connectivity index (χ0v) is 12.1. The van der Waals surface area contributed by atoms with Crippen molar-refractivity contribution in [1.82, 2.24) is 9.88 Å². The molecule has 4 nitrogen and oxygen atoms in total. The molecule has 2 N–H and O–H groups in total. The molecule has 1 atom stereocenters. The van der Waals surface area contributed by atoms with Crippen molar-refractivity contribution in [3.8, 4) is 0 Å². The Morgan fingerprint density at radius 2 is 2.21 bits per heavy atom. The van der Waals surface area contributed by atoms with E-state index in [0.717, 1.165) is 41.9 Å². The van der Waals surface area contributed by atoms with Gasteiger partial charge in [0.05, 0.1) is 12.2 Å². The standard InChI is InChI=1S/C15H23N3O/c1-4-5-12-6-14(19)18(8-12)9-13-11(3)15(16)10(2)7-17-13/h7,12H,4-6,8-9H2,1-3H3,(H2,16,17). The van der Waals surface area contributed by atoms with Crippen LogP contribution in [0.25, 0.3) is 0 Å². The lowest BCUT2D eigenvalue weighted by Gasteiger charge is -2.18. The summed E-state index contributed by atoms with van der Waals surface area (Å²) in [5.74, 6) is 0.763. The third-order valence-corrected chi connectivity index (χ3v) is 4.01. The van der Waals surface area contributed by atoms with E-state index in [0.29, 0.717) is 18.9 Å². The topological polar surface area (TPSA) is 59.2 Å². The Balaban J connectivity index is 2.10. The SMILES string of the molecule is CCCC1CC(=O)N(Cc2ncc(C)c(N)c2C)C1. The minimum atomic E-state index is 0.249. The van der Waals surface area contributed by atoms with Crippen LogP contribution >= 0.6 is 0 Å². The van der Waals surface area contributed by atoms with Crippen LogP contribution in [-0.2, 0) is 11.3 Å². The lowest BCUT2D eigenvalue weighted by molar-refractivity contribution is -0.128. The van der Waals surface area contributed by atoms with Gasteiger partial charge in [-0.1, -0.05) is 13.3 Å². The zero-order valence-electron chi connectivity index (χ0n) is 12.1. The second-order valence-electron chi connectivity index (χ2n) is 5.56. The van der Waals surface area contributed by atoms with Gasteiger partial charge in [-0.15, -0.1) is 0 Å². The summed E-state index contributed by atoms with van der Waals surface area (Å²) in [5, 5.41) is 0. The molecule has 1 aliphatic heterocycles. The molecule has 1 aromatic heterocycles. The quantitative estimate of drug-likeness (QED) is 0.905. The number of carbonyl (C=O) groups excluding carboxylic acids is 1. The lowest BCUT2D eigenvalue weighted by Crippen LogP contribution is -2.25. The van der Waals surface area contributed by atoms with E-state index in [-0.39, 0.29) is 5.91 Å². The first kappa shape index (κ1) is 13.8. The molecule has 0 aliphatic carbocycles. The van der Waals surface area contributed by atoms with Crippen molar-refractivity contribution < 1.29 is 4.79 Å². The molecule has 1 fully saturated rings. The van der Waals surface area contributed by atoms with Crippen molar-refractivity contribution in [2.75, 3.05) is 12.3 Å². The Morgan fingerprint density at radius 3 is 2.89 bits per heavy atom. The fourth-order valence-electron chi connectivity index (χ4n) is 2.74. The fourth-order valence-corrected chi connectivity index (χ4v) is 2.74. The monoisotopic (exact) mass is 261 g/mol. The summed E-state index contributed by atoms with van der Waals surface area (Å²) in [5.41, 5.74) is 9.75. The van der Waals surface area contributed by atoms with Crippen LogP contribution in [0.2, 0.25) is 0 Å². The molecule has 0 saturated carbocycles. The van der Waals surface area contributed by atoms with Crippen LogP contribution in [0.5, 0.6) is 0 Å². The predicted molar refractivity (Wildman–Crippen MR) is 76.6 cm³/mol. The van der Waals surface area contributed by atoms with Crippen LogP contribution in [0.15, 0.2) is 6.20 Å². The molecule has 2 heterocycles. The van der Waals surface area contributed by atoms with Crippen molar-refractivity contribution in [3.05, 3.63) is 23.0 Å². The molecule has 2 rings (SSSR count). The van der Waals surface area contributed by atoms with E-state index >= 15 is 0 Å². The number of rotatable bonds is 4. The maximum absolute atomic E-state index is 12.0. The van der Waals surface area contributed by atoms with Crippen molar-refractivity contribution in [3.63, 3.8) is 0 Å². The van der Waals surface area contributed by atoms with E-state index in [1.54, 1.807) is 6.20 Å². The number of nitrogens with zero attached hydrogens (tertiary/aromatic N) is 2. The second kappa shape index (κ2) is 5.59. The predicted octanol–water partition coefficient (Wildman–Crippen LogP) is 2.43. The van der Waals surface area contributed by atoms with Gasteiger partial charge in [0.25, 0.3) is 0 Å². The molecule has 1 amide bonds. The van der Waals surface area contributed by atoms with E-state index in [2.05, 4.69) is 11.9 Å². The molecule has 4 heteroatoms. The van der Waals surface area contributed by atoms with Crippen LogP contribution in [0.4, 0.5) is 5.69 Å². The number of hydrogen-bond donors (Lipinski definition) is 1. The molecular weight excluding hydrogens is 238 g/mol. The van der Waals surface area contributed by atoms with Crippen LogP contribution < -0.4 is 5.73 Å². The third-order valence-electron chi connectivity index (χ3n) is 4.01. The van der Waals surface area contributed by atoms with E-state index in [9.17, 15) is 4.79 Å². The molecule has 0 spiro atoms. The minimum Gasteiger partial charge on any atom is -0.398 e. The van der Waals surface area contributed by atoms with Gasteiger partial charge in [0, 0.05) is 24.8 Å². The summed E-state index contributed by atoms with van der Waals surface area (Å²) in [6.45, 7) is 7.56. The number of nitrogens with two attached hydrogens (primary N) is 1. The average Bonchev–Trinajstić information content (AvgIpc) is 2.71. The number of carbonyl (C=O) groups is 1. The van der Waals surface area contributed by atoms with Gasteiger partial charge in [-0.05, 0) is 37.3 Å². The molecule has 0 aromatic carbocycles. The smallest absolute Gasteiger partial charge is 0.223 e. The Bertz CT molecular complexity index is 485. The Labute approximate surface area is 115 Å². The molecular formula is C15H23N3O. The normalized spacial score (nSPS) is 19.2. The van der Waals surface area contributed by atoms with Gasteiger partial charge in [-0.3, -0.25) is 9.78 Å². The van der Waals surface area contributed by atoms with E-state index < -0.39 is 0 Å². The van der Waals surface area contributed by atoms with Gasteiger partial charge < -0.3 is 10.6 Å². The number of likely N-dealkylation sites (tertiary alicyclic amines) is 1. The molecule has 0 radical (unpaired) electrons. The largest absolute Gasteiger partial charge is 0.398 e. The van der Waals surface area contributed by atoms with Crippen LogP contribution in [0, 0.1) is 19.8 Å². The number of aromatic nitrogens is 1. The van der Waals surface area contributed by atoms with Crippen molar-refractivity contribution >= 4 is 11.6 Å². The fraction of sp³-hybridized carbons (Fsp3) is 0.600. The van der Waals surface area contributed by atoms with Gasteiger partial charge in [0.2, 0.25) is 5.91 Å². The average molecular weight is 261 g/mol. The first-order valence-corrected chi connectivity index (χ1v) is 7.01. The number of aryl methyl sites for hydroxylation is 1. The first-order chi connectivity index (χ1) is 9.02. The molecule has 1 aliphatic rings. The van der Waals surface area contributed by atoms with E-state index in [4.69, 9.17) is 5.73 Å². The van der Waals surface area contributed by atoms with Crippen LogP contribution in [0.3, 0.4) is 0 Å². The highest BCUT2D eigenvalue weighted by molar-refractivity contribution is 5.78. The van der Waals surface area contributed by atoms with E-state index in [1.165, 1.54) is 0 Å². The highest BCUT2D eigenvalue weighted by Crippen LogP contribution is 2.25. The van der Waals surface area contributed by atoms with Gasteiger partial charge in [0.15, 0.2) is 0 Å². The number of nitrogen functional groups attached to an aromatic ring is 1. The molecule has 1 unspecified atom stereocenters. The van der Waals surface area contributed by atoms with Crippen molar-refractivity contribution in [2.24, 2.45) is 5.92 Å². The molecule has 104 valence electrons. The summed E-state index contributed by atoms with van der Waals surface area (Å²) in [6.07, 6.45) is 4.75. The van der Waals surface area contributed by atoms with Crippen LogP contribution in [-0.4, -0.2) is 22.3 Å². The maximum atomic E-state index is 12.0. The van der Waals surface area contributed by atoms with Gasteiger partial charge in [0.1, 0.15) is 0 Å². The van der Waals surface area contributed by atoms with Crippen LogP contribution in [0.1, 0.15) is 43.0 Å². The highest BCUT2D eigenvalue weighted by atomic mass is 16.2. The molecule has 0 bridgehead atoms. The Kier molecular flexibility index (Phi) is 4.08. The van der Waals surface area contributed by atoms with Crippen molar-refractivity contribution in [1.29, 1.82) is 0 Å². The summed E-state index contributed by atoms with van der Waals surface area (Å²) >= 11 is 0. The minimum absolute atomic E-state index is 0.249. The first-order valence-electron chi connectivity index (χ1n) is 7.01. The molecule has 1 saturated heterocycles. The zero-order chi connectivity index (χ0) is 14.0. The molecule has 19 heavy (non-hydrogen) atoms.